The second-order valence-corrected chi connectivity index (χ2v) is 5.59. The lowest BCUT2D eigenvalue weighted by molar-refractivity contribution is -0.122. The molecule has 1 fully saturated rings. The molecule has 0 spiro atoms. The van der Waals surface area contributed by atoms with Crippen molar-refractivity contribution in [3.8, 4) is 0 Å². The Kier molecular flexibility index (Phi) is 5.60. The van der Waals surface area contributed by atoms with Crippen molar-refractivity contribution in [2.75, 3.05) is 18.4 Å². The number of carbonyl (C=O) groups is 1. The highest BCUT2D eigenvalue weighted by molar-refractivity contribution is 5.94. The van der Waals surface area contributed by atoms with Crippen molar-refractivity contribution in [1.82, 2.24) is 4.90 Å². The third-order valence-electron chi connectivity index (χ3n) is 4.06. The minimum atomic E-state index is 0.0505. The van der Waals surface area contributed by atoms with Crippen LogP contribution < -0.4 is 5.32 Å². The molecule has 20 heavy (non-hydrogen) atoms. The summed E-state index contributed by atoms with van der Waals surface area (Å²) >= 11 is 0. The average molecular weight is 274 g/mol. The van der Waals surface area contributed by atoms with Crippen molar-refractivity contribution in [2.24, 2.45) is 0 Å². The molecule has 3 heteroatoms. The van der Waals surface area contributed by atoms with Crippen molar-refractivity contribution in [1.29, 1.82) is 0 Å². The summed E-state index contributed by atoms with van der Waals surface area (Å²) in [4.78, 5) is 14.8. The van der Waals surface area contributed by atoms with Gasteiger partial charge in [-0.1, -0.05) is 32.4 Å². The van der Waals surface area contributed by atoms with Gasteiger partial charge in [0, 0.05) is 5.69 Å². The Bertz CT molecular complexity index is 425. The molecule has 1 aromatic rings. The maximum Gasteiger partial charge on any atom is 0.241 e. The smallest absolute Gasteiger partial charge is 0.241 e. The summed E-state index contributed by atoms with van der Waals surface area (Å²) in [6, 6.07) is 8.23. The normalized spacial score (nSPS) is 19.8. The van der Waals surface area contributed by atoms with Crippen LogP contribution in [0.4, 0.5) is 5.69 Å². The zero-order chi connectivity index (χ0) is 14.4. The van der Waals surface area contributed by atoms with Crippen LogP contribution in [0.25, 0.3) is 0 Å². The van der Waals surface area contributed by atoms with Crippen LogP contribution in [0.1, 0.15) is 45.1 Å². The number of hydrogen-bond acceptors (Lipinski definition) is 2. The number of hydrogen-bond donors (Lipinski definition) is 1. The number of nitrogens with zero attached hydrogens (tertiary/aromatic N) is 1. The monoisotopic (exact) mass is 274 g/mol. The van der Waals surface area contributed by atoms with Gasteiger partial charge in [0.2, 0.25) is 5.91 Å². The third kappa shape index (κ3) is 3.83. The number of anilines is 1. The van der Waals surface area contributed by atoms with Crippen LogP contribution in [0.5, 0.6) is 0 Å². The molecule has 3 nitrogen and oxygen atoms in total. The third-order valence-corrected chi connectivity index (χ3v) is 4.06. The van der Waals surface area contributed by atoms with E-state index in [1.165, 1.54) is 12.0 Å². The molecule has 1 amide bonds. The van der Waals surface area contributed by atoms with Gasteiger partial charge in [-0.25, -0.2) is 0 Å². The van der Waals surface area contributed by atoms with Gasteiger partial charge in [-0.15, -0.1) is 0 Å². The van der Waals surface area contributed by atoms with Crippen LogP contribution in [-0.4, -0.2) is 29.9 Å². The summed E-state index contributed by atoms with van der Waals surface area (Å²) in [6.45, 7) is 6.39. The molecule has 1 atom stereocenters. The van der Waals surface area contributed by atoms with Crippen molar-refractivity contribution in [3.05, 3.63) is 29.8 Å². The Morgan fingerprint density at radius 2 is 2.00 bits per heavy atom. The first-order valence-electron chi connectivity index (χ1n) is 7.88. The largest absolute Gasteiger partial charge is 0.325 e. The maximum atomic E-state index is 12.5. The summed E-state index contributed by atoms with van der Waals surface area (Å²) < 4.78 is 0. The van der Waals surface area contributed by atoms with E-state index >= 15 is 0 Å². The number of piperidine rings is 1. The van der Waals surface area contributed by atoms with E-state index in [0.717, 1.165) is 44.5 Å². The van der Waals surface area contributed by atoms with E-state index in [-0.39, 0.29) is 11.9 Å². The number of likely N-dealkylation sites (tertiary alicyclic amines) is 1. The Labute approximate surface area is 122 Å². The molecular formula is C17H26N2O. The Morgan fingerprint density at radius 1 is 1.25 bits per heavy atom. The molecule has 1 heterocycles. The molecule has 110 valence electrons. The van der Waals surface area contributed by atoms with Crippen molar-refractivity contribution in [2.45, 2.75) is 52.0 Å². The average Bonchev–Trinajstić information content (AvgIpc) is 2.49. The van der Waals surface area contributed by atoms with Crippen LogP contribution in [0.2, 0.25) is 0 Å². The fraction of sp³-hybridized carbons (Fsp3) is 0.588. The molecule has 0 aliphatic carbocycles. The summed E-state index contributed by atoms with van der Waals surface area (Å²) in [7, 11) is 0. The molecule has 1 unspecified atom stereocenters. The van der Waals surface area contributed by atoms with Crippen molar-refractivity contribution >= 4 is 11.6 Å². The van der Waals surface area contributed by atoms with Crippen molar-refractivity contribution < 1.29 is 4.79 Å². The summed E-state index contributed by atoms with van der Waals surface area (Å²) in [5.74, 6) is 0.155. The zero-order valence-electron chi connectivity index (χ0n) is 12.7. The summed E-state index contributed by atoms with van der Waals surface area (Å²) in [6.07, 6.45) is 5.50. The second kappa shape index (κ2) is 7.44. The minimum absolute atomic E-state index is 0.0505. The quantitative estimate of drug-likeness (QED) is 0.892. The van der Waals surface area contributed by atoms with Gasteiger partial charge in [-0.05, 0) is 56.5 Å². The predicted octanol–water partition coefficient (Wildman–Crippen LogP) is 3.45. The van der Waals surface area contributed by atoms with Gasteiger partial charge in [0.15, 0.2) is 0 Å². The first-order chi connectivity index (χ1) is 9.74. The van der Waals surface area contributed by atoms with Gasteiger partial charge < -0.3 is 5.32 Å². The first kappa shape index (κ1) is 15.0. The number of nitrogens with one attached hydrogen (secondary N) is 1. The van der Waals surface area contributed by atoms with Gasteiger partial charge >= 0.3 is 0 Å². The summed E-state index contributed by atoms with van der Waals surface area (Å²) in [5, 5.41) is 3.07. The van der Waals surface area contributed by atoms with E-state index in [1.54, 1.807) is 0 Å². The fourth-order valence-electron chi connectivity index (χ4n) is 2.89. The van der Waals surface area contributed by atoms with Crippen LogP contribution in [0, 0.1) is 0 Å². The van der Waals surface area contributed by atoms with E-state index in [2.05, 4.69) is 36.2 Å². The number of amides is 1. The van der Waals surface area contributed by atoms with Gasteiger partial charge in [0.25, 0.3) is 0 Å². The Morgan fingerprint density at radius 3 is 2.65 bits per heavy atom. The predicted molar refractivity (Wildman–Crippen MR) is 84.0 cm³/mol. The molecule has 0 aromatic heterocycles. The van der Waals surface area contributed by atoms with E-state index < -0.39 is 0 Å². The number of aryl methyl sites for hydroxylation is 1. The van der Waals surface area contributed by atoms with E-state index in [4.69, 9.17) is 0 Å². The number of rotatable bonds is 5. The fourth-order valence-corrected chi connectivity index (χ4v) is 2.89. The molecule has 0 saturated carbocycles. The molecule has 1 aliphatic rings. The van der Waals surface area contributed by atoms with Crippen molar-refractivity contribution in [3.63, 3.8) is 0 Å². The Hall–Kier alpha value is -1.35. The first-order valence-corrected chi connectivity index (χ1v) is 7.88. The summed E-state index contributed by atoms with van der Waals surface area (Å²) in [5.41, 5.74) is 2.21. The van der Waals surface area contributed by atoms with Crippen LogP contribution in [0.15, 0.2) is 24.3 Å². The van der Waals surface area contributed by atoms with E-state index in [0.29, 0.717) is 0 Å². The maximum absolute atomic E-state index is 12.5. The van der Waals surface area contributed by atoms with Crippen LogP contribution in [0.3, 0.4) is 0 Å². The van der Waals surface area contributed by atoms with E-state index in [9.17, 15) is 4.79 Å². The Balaban J connectivity index is 1.98. The lowest BCUT2D eigenvalue weighted by Gasteiger charge is -2.34. The van der Waals surface area contributed by atoms with Gasteiger partial charge in [-0.2, -0.15) is 0 Å². The van der Waals surface area contributed by atoms with Crippen LogP contribution in [-0.2, 0) is 11.2 Å². The van der Waals surface area contributed by atoms with Crippen LogP contribution >= 0.6 is 0 Å². The molecular weight excluding hydrogens is 248 g/mol. The zero-order valence-corrected chi connectivity index (χ0v) is 12.7. The topological polar surface area (TPSA) is 32.3 Å². The molecule has 1 aromatic carbocycles. The minimum Gasteiger partial charge on any atom is -0.325 e. The standard InChI is InChI=1S/C17H26N2O/c1-3-12-19-13-6-5-7-16(19)17(20)18-15-10-8-14(4-2)9-11-15/h8-11,16H,3-7,12-13H2,1-2H3,(H,18,20). The highest BCUT2D eigenvalue weighted by atomic mass is 16.2. The van der Waals surface area contributed by atoms with Gasteiger partial charge in [-0.3, -0.25) is 9.69 Å². The molecule has 1 aliphatic heterocycles. The highest BCUT2D eigenvalue weighted by Gasteiger charge is 2.27. The molecule has 0 bridgehead atoms. The highest BCUT2D eigenvalue weighted by Crippen LogP contribution is 2.19. The second-order valence-electron chi connectivity index (χ2n) is 5.59. The van der Waals surface area contributed by atoms with Gasteiger partial charge in [0.1, 0.15) is 0 Å². The van der Waals surface area contributed by atoms with Gasteiger partial charge in [0.05, 0.1) is 6.04 Å². The molecule has 1 saturated heterocycles. The number of benzene rings is 1. The lowest BCUT2D eigenvalue weighted by atomic mass is 10.0. The molecule has 0 radical (unpaired) electrons. The SMILES string of the molecule is CCCN1CCCCC1C(=O)Nc1ccc(CC)cc1. The number of carbonyl (C=O) groups excluding carboxylic acids is 1. The molecule has 1 N–H and O–H groups in total. The van der Waals surface area contributed by atoms with E-state index in [1.807, 2.05) is 12.1 Å². The lowest BCUT2D eigenvalue weighted by Crippen LogP contribution is -2.47. The molecule has 2 rings (SSSR count).